The number of carbonyl (C=O) groups is 1. The molecule has 0 atom stereocenters. The largest absolute Gasteiger partial charge is 0.344 e. The van der Waals surface area contributed by atoms with Crippen LogP contribution in [0.4, 0.5) is 0 Å². The predicted molar refractivity (Wildman–Crippen MR) is 40.0 cm³/mol. The number of hydrogen-bond acceptors (Lipinski definition) is 2. The van der Waals surface area contributed by atoms with Gasteiger partial charge in [-0.25, -0.2) is 0 Å². The fourth-order valence-corrected chi connectivity index (χ4v) is 0.918. The van der Waals surface area contributed by atoms with Crippen LogP contribution in [0.3, 0.4) is 0 Å². The van der Waals surface area contributed by atoms with E-state index in [4.69, 9.17) is 11.6 Å². The normalized spacial score (nSPS) is 8.89. The number of rotatable bonds is 3. The molecular weight excluding hydrogens is 138 g/mol. The van der Waals surface area contributed by atoms with Crippen molar-refractivity contribution in [3.63, 3.8) is 0 Å². The summed E-state index contributed by atoms with van der Waals surface area (Å²) in [6, 6.07) is 0. The molecule has 0 heterocycles. The molecule has 0 aliphatic carbocycles. The van der Waals surface area contributed by atoms with Gasteiger partial charge in [-0.2, -0.15) is 0 Å². The summed E-state index contributed by atoms with van der Waals surface area (Å²) in [5, 5.41) is -0.199. The maximum Gasteiger partial charge on any atom is 0.224 e. The second kappa shape index (κ2) is 6.05. The minimum atomic E-state index is -0.199. The van der Waals surface area contributed by atoms with E-state index in [1.54, 1.807) is 0 Å². The Hall–Kier alpha value is -0.0800. The van der Waals surface area contributed by atoms with Crippen molar-refractivity contribution in [1.82, 2.24) is 6.15 Å². The fraction of sp³-hybridized carbons (Fsp3) is 0.833. The first-order valence-electron chi connectivity index (χ1n) is 2.91. The Morgan fingerprint density at radius 2 is 1.78 bits per heavy atom. The lowest BCUT2D eigenvalue weighted by molar-refractivity contribution is -0.115. The maximum absolute atomic E-state index is 10.4. The second-order valence-electron chi connectivity index (χ2n) is 1.82. The summed E-state index contributed by atoms with van der Waals surface area (Å²) in [4.78, 5) is 10.4. The van der Waals surface area contributed by atoms with E-state index in [0.29, 0.717) is 0 Å². The molecule has 56 valence electrons. The molecule has 0 aliphatic rings. The molecule has 0 bridgehead atoms. The van der Waals surface area contributed by atoms with Gasteiger partial charge in [-0.3, -0.25) is 4.79 Å². The van der Waals surface area contributed by atoms with Crippen molar-refractivity contribution in [3.05, 3.63) is 0 Å². The maximum atomic E-state index is 10.4. The molecule has 0 saturated heterocycles. The minimum absolute atomic E-state index is 0. The molecule has 0 spiro atoms. The van der Waals surface area contributed by atoms with Crippen molar-refractivity contribution < 1.29 is 4.79 Å². The topological polar surface area (TPSA) is 52.1 Å². The molecule has 0 rings (SSSR count). The summed E-state index contributed by atoms with van der Waals surface area (Å²) >= 11 is 5.21. The van der Waals surface area contributed by atoms with E-state index in [1.807, 2.05) is 13.8 Å². The first-order chi connectivity index (χ1) is 3.72. The average molecular weight is 152 g/mol. The zero-order valence-electron chi connectivity index (χ0n) is 5.98. The second-order valence-corrected chi connectivity index (χ2v) is 2.19. The summed E-state index contributed by atoms with van der Waals surface area (Å²) in [7, 11) is 0. The molecular formula is C6H14ClNO. The van der Waals surface area contributed by atoms with Gasteiger partial charge in [-0.1, -0.05) is 13.8 Å². The highest BCUT2D eigenvalue weighted by atomic mass is 35.5. The van der Waals surface area contributed by atoms with E-state index < -0.39 is 0 Å². The van der Waals surface area contributed by atoms with E-state index in [2.05, 4.69) is 0 Å². The Bertz CT molecular complexity index is 81.1. The van der Waals surface area contributed by atoms with Crippen LogP contribution in [0.15, 0.2) is 0 Å². The van der Waals surface area contributed by atoms with Gasteiger partial charge in [0.15, 0.2) is 0 Å². The van der Waals surface area contributed by atoms with Gasteiger partial charge in [0.1, 0.15) is 0 Å². The van der Waals surface area contributed by atoms with E-state index in [9.17, 15) is 4.79 Å². The molecule has 0 radical (unpaired) electrons. The van der Waals surface area contributed by atoms with Crippen molar-refractivity contribution in [2.45, 2.75) is 26.7 Å². The molecule has 2 nitrogen and oxygen atoms in total. The van der Waals surface area contributed by atoms with Gasteiger partial charge in [0.05, 0.1) is 0 Å². The molecule has 0 saturated carbocycles. The Morgan fingerprint density at radius 3 is 1.78 bits per heavy atom. The van der Waals surface area contributed by atoms with Crippen LogP contribution in [0, 0.1) is 5.92 Å². The van der Waals surface area contributed by atoms with E-state index >= 15 is 0 Å². The summed E-state index contributed by atoms with van der Waals surface area (Å²) in [6.45, 7) is 3.93. The van der Waals surface area contributed by atoms with Gasteiger partial charge in [-0.05, 0) is 24.4 Å². The molecule has 9 heavy (non-hydrogen) atoms. The van der Waals surface area contributed by atoms with Crippen molar-refractivity contribution in [3.8, 4) is 0 Å². The SMILES string of the molecule is CCC(CC)C(=O)Cl.N. The van der Waals surface area contributed by atoms with Gasteiger partial charge in [0, 0.05) is 5.92 Å². The van der Waals surface area contributed by atoms with Gasteiger partial charge in [0.2, 0.25) is 5.24 Å². The number of hydrogen-bond donors (Lipinski definition) is 1. The van der Waals surface area contributed by atoms with Crippen LogP contribution in [-0.4, -0.2) is 5.24 Å². The minimum Gasteiger partial charge on any atom is -0.344 e. The van der Waals surface area contributed by atoms with Crippen LogP contribution in [0.5, 0.6) is 0 Å². The van der Waals surface area contributed by atoms with Gasteiger partial charge in [-0.15, -0.1) is 0 Å². The third-order valence-corrected chi connectivity index (χ3v) is 1.62. The standard InChI is InChI=1S/C6H11ClO.H3N/c1-3-5(4-2)6(7)8;/h5H,3-4H2,1-2H3;1H3. The van der Waals surface area contributed by atoms with Crippen molar-refractivity contribution >= 4 is 16.8 Å². The lowest BCUT2D eigenvalue weighted by atomic mass is 10.1. The fourth-order valence-electron chi connectivity index (χ4n) is 0.610. The predicted octanol–water partition coefficient (Wildman–Crippen LogP) is 2.35. The van der Waals surface area contributed by atoms with Crippen LogP contribution in [0.25, 0.3) is 0 Å². The van der Waals surface area contributed by atoms with E-state index in [1.165, 1.54) is 0 Å². The summed E-state index contributed by atoms with van der Waals surface area (Å²) in [5.74, 6) is 0.0802. The van der Waals surface area contributed by atoms with Gasteiger partial charge < -0.3 is 6.15 Å². The van der Waals surface area contributed by atoms with Crippen molar-refractivity contribution in [2.75, 3.05) is 0 Å². The van der Waals surface area contributed by atoms with Gasteiger partial charge >= 0.3 is 0 Å². The molecule has 0 amide bonds. The lowest BCUT2D eigenvalue weighted by Crippen LogP contribution is -2.04. The Labute approximate surface area is 61.2 Å². The summed E-state index contributed by atoms with van der Waals surface area (Å²) < 4.78 is 0. The highest BCUT2D eigenvalue weighted by Gasteiger charge is 2.09. The van der Waals surface area contributed by atoms with Gasteiger partial charge in [0.25, 0.3) is 0 Å². The van der Waals surface area contributed by atoms with E-state index in [-0.39, 0.29) is 17.3 Å². The van der Waals surface area contributed by atoms with Crippen LogP contribution < -0.4 is 6.15 Å². The summed E-state index contributed by atoms with van der Waals surface area (Å²) in [5.41, 5.74) is 0. The Morgan fingerprint density at radius 1 is 1.44 bits per heavy atom. The van der Waals surface area contributed by atoms with Crippen LogP contribution in [0.1, 0.15) is 26.7 Å². The van der Waals surface area contributed by atoms with Crippen LogP contribution in [-0.2, 0) is 4.79 Å². The molecule has 0 aliphatic heterocycles. The first kappa shape index (κ1) is 11.7. The molecule has 0 fully saturated rings. The van der Waals surface area contributed by atoms with E-state index in [0.717, 1.165) is 12.8 Å². The molecule has 3 N–H and O–H groups in total. The molecule has 0 aromatic carbocycles. The number of carbonyl (C=O) groups excluding carboxylic acids is 1. The quantitative estimate of drug-likeness (QED) is 0.630. The van der Waals surface area contributed by atoms with Crippen LogP contribution >= 0.6 is 11.6 Å². The van der Waals surface area contributed by atoms with Crippen molar-refractivity contribution in [1.29, 1.82) is 0 Å². The third kappa shape index (κ3) is 4.43. The lowest BCUT2D eigenvalue weighted by Gasteiger charge is -2.02. The highest BCUT2D eigenvalue weighted by molar-refractivity contribution is 6.63. The number of halogens is 1. The smallest absolute Gasteiger partial charge is 0.224 e. The van der Waals surface area contributed by atoms with Crippen molar-refractivity contribution in [2.24, 2.45) is 5.92 Å². The Kier molecular flexibility index (Phi) is 7.85. The molecule has 0 aromatic heterocycles. The molecule has 0 aromatic rings. The molecule has 0 unspecified atom stereocenters. The zero-order valence-corrected chi connectivity index (χ0v) is 6.74. The van der Waals surface area contributed by atoms with Crippen LogP contribution in [0.2, 0.25) is 0 Å². The highest BCUT2D eigenvalue weighted by Crippen LogP contribution is 2.10. The average Bonchev–Trinajstić information content (AvgIpc) is 1.69. The first-order valence-corrected chi connectivity index (χ1v) is 3.29. The Balaban J connectivity index is 0. The zero-order chi connectivity index (χ0) is 6.57. The molecule has 3 heteroatoms. The summed E-state index contributed by atoms with van der Waals surface area (Å²) in [6.07, 6.45) is 1.72. The monoisotopic (exact) mass is 151 g/mol. The third-order valence-electron chi connectivity index (χ3n) is 1.31.